The van der Waals surface area contributed by atoms with E-state index in [-0.39, 0.29) is 5.56 Å². The van der Waals surface area contributed by atoms with E-state index in [1.54, 1.807) is 0 Å². The second kappa shape index (κ2) is 4.53. The van der Waals surface area contributed by atoms with Gasteiger partial charge in [-0.1, -0.05) is 12.1 Å². The maximum Gasteiger partial charge on any atom is 0.573 e. The smallest absolute Gasteiger partial charge is 0.405 e. The summed E-state index contributed by atoms with van der Waals surface area (Å²) in [6.07, 6.45) is -4.82. The predicted octanol–water partition coefficient (Wildman–Crippen LogP) is 3.01. The van der Waals surface area contributed by atoms with Gasteiger partial charge in [-0.3, -0.25) is 4.79 Å². The second-order valence-corrected chi connectivity index (χ2v) is 2.87. The van der Waals surface area contributed by atoms with Gasteiger partial charge in [0.15, 0.2) is 5.78 Å². The van der Waals surface area contributed by atoms with Gasteiger partial charge in [-0.15, -0.1) is 24.8 Å². The molecule has 6 heteroatoms. The third kappa shape index (κ3) is 3.43. The minimum absolute atomic E-state index is 0.176. The van der Waals surface area contributed by atoms with E-state index >= 15 is 0 Å². The number of hydrogen-bond donors (Lipinski definition) is 0. The average Bonchev–Trinajstić information content (AvgIpc) is 2.15. The molecule has 0 atom stereocenters. The van der Waals surface area contributed by atoms with Crippen LogP contribution in [0.3, 0.4) is 0 Å². The number of Topliss-reactive ketones (excluding diaryl/α,β-unsaturated/α-hetero) is 1. The lowest BCUT2D eigenvalue weighted by Gasteiger charge is -2.11. The number of halogens is 4. The molecule has 0 heterocycles. The number of ketones is 1. The van der Waals surface area contributed by atoms with Crippen molar-refractivity contribution in [2.45, 2.75) is 6.36 Å². The van der Waals surface area contributed by atoms with Crippen molar-refractivity contribution in [2.75, 3.05) is 5.88 Å². The van der Waals surface area contributed by atoms with Crippen molar-refractivity contribution in [1.82, 2.24) is 0 Å². The van der Waals surface area contributed by atoms with Crippen molar-refractivity contribution in [2.24, 2.45) is 0 Å². The molecule has 0 aliphatic heterocycles. The number of ether oxygens (including phenoxy) is 1. The fourth-order valence-corrected chi connectivity index (χ4v) is 1.13. The fraction of sp³-hybridized carbons (Fsp3) is 0.222. The zero-order valence-corrected chi connectivity index (χ0v) is 8.10. The molecule has 0 aliphatic rings. The van der Waals surface area contributed by atoms with Crippen LogP contribution >= 0.6 is 11.6 Å². The summed E-state index contributed by atoms with van der Waals surface area (Å²) in [5.74, 6) is -1.54. The Balaban J connectivity index is 3.02. The first-order valence-electron chi connectivity index (χ1n) is 3.88. The van der Waals surface area contributed by atoms with Crippen molar-refractivity contribution in [3.05, 3.63) is 29.8 Å². The van der Waals surface area contributed by atoms with Crippen molar-refractivity contribution in [3.63, 3.8) is 0 Å². The van der Waals surface area contributed by atoms with Gasteiger partial charge in [-0.25, -0.2) is 0 Å². The van der Waals surface area contributed by atoms with E-state index in [9.17, 15) is 18.0 Å². The number of rotatable bonds is 3. The summed E-state index contributed by atoms with van der Waals surface area (Å²) < 4.78 is 39.4. The first-order chi connectivity index (χ1) is 6.94. The molecule has 0 N–H and O–H groups in total. The Morgan fingerprint density at radius 2 is 1.93 bits per heavy atom. The van der Waals surface area contributed by atoms with Crippen molar-refractivity contribution >= 4 is 17.4 Å². The molecule has 0 unspecified atom stereocenters. The zero-order valence-electron chi connectivity index (χ0n) is 7.34. The molecule has 1 rings (SSSR count). The summed E-state index contributed by atoms with van der Waals surface area (Å²) in [5.41, 5.74) is -0.176. The maximum atomic E-state index is 11.9. The van der Waals surface area contributed by atoms with Crippen molar-refractivity contribution in [3.8, 4) is 5.75 Å². The molecule has 82 valence electrons. The van der Waals surface area contributed by atoms with Crippen LogP contribution < -0.4 is 4.74 Å². The van der Waals surface area contributed by atoms with Crippen LogP contribution in [0.15, 0.2) is 24.3 Å². The normalized spacial score (nSPS) is 11.2. The summed E-state index contributed by atoms with van der Waals surface area (Å²) in [5, 5.41) is 0. The molecule has 0 aromatic heterocycles. The third-order valence-electron chi connectivity index (χ3n) is 1.53. The van der Waals surface area contributed by atoms with E-state index in [1.165, 1.54) is 18.2 Å². The van der Waals surface area contributed by atoms with Crippen LogP contribution in [-0.2, 0) is 0 Å². The first kappa shape index (κ1) is 11.8. The first-order valence-corrected chi connectivity index (χ1v) is 4.41. The molecule has 1 aromatic rings. The van der Waals surface area contributed by atoms with Gasteiger partial charge in [0.2, 0.25) is 0 Å². The summed E-state index contributed by atoms with van der Waals surface area (Å²) in [6.45, 7) is 0. The molecule has 0 radical (unpaired) electrons. The molecule has 1 aromatic carbocycles. The second-order valence-electron chi connectivity index (χ2n) is 2.60. The van der Waals surface area contributed by atoms with Crippen LogP contribution in [0, 0.1) is 0 Å². The molecule has 0 fully saturated rings. The van der Waals surface area contributed by atoms with E-state index in [1.807, 2.05) is 0 Å². The Morgan fingerprint density at radius 1 is 1.33 bits per heavy atom. The summed E-state index contributed by atoms with van der Waals surface area (Å²) in [7, 11) is 0. The molecule has 0 saturated carbocycles. The zero-order chi connectivity index (χ0) is 11.5. The highest BCUT2D eigenvalue weighted by atomic mass is 35.5. The monoisotopic (exact) mass is 238 g/mol. The van der Waals surface area contributed by atoms with Gasteiger partial charge >= 0.3 is 6.36 Å². The van der Waals surface area contributed by atoms with E-state index in [2.05, 4.69) is 4.74 Å². The lowest BCUT2D eigenvalue weighted by molar-refractivity contribution is -0.274. The van der Waals surface area contributed by atoms with Crippen LogP contribution in [0.4, 0.5) is 13.2 Å². The van der Waals surface area contributed by atoms with E-state index < -0.39 is 23.8 Å². The van der Waals surface area contributed by atoms with E-state index in [0.717, 1.165) is 6.07 Å². The van der Waals surface area contributed by atoms with Gasteiger partial charge in [0.1, 0.15) is 5.75 Å². The molecule has 0 bridgehead atoms. The Kier molecular flexibility index (Phi) is 3.57. The minimum Gasteiger partial charge on any atom is -0.405 e. The molecule has 0 spiro atoms. The Labute approximate surface area is 88.6 Å². The molecule has 2 nitrogen and oxygen atoms in total. The van der Waals surface area contributed by atoms with Crippen LogP contribution in [0.25, 0.3) is 0 Å². The molecule has 0 aliphatic carbocycles. The number of para-hydroxylation sites is 1. The molecule has 0 saturated heterocycles. The van der Waals surface area contributed by atoms with Gasteiger partial charge in [-0.2, -0.15) is 0 Å². The predicted molar refractivity (Wildman–Crippen MR) is 48.2 cm³/mol. The van der Waals surface area contributed by atoms with Gasteiger partial charge in [0.25, 0.3) is 0 Å². The lowest BCUT2D eigenvalue weighted by Crippen LogP contribution is -2.19. The largest absolute Gasteiger partial charge is 0.573 e. The van der Waals surface area contributed by atoms with Gasteiger partial charge in [0.05, 0.1) is 11.4 Å². The maximum absolute atomic E-state index is 11.9. The molecule has 15 heavy (non-hydrogen) atoms. The highest BCUT2D eigenvalue weighted by Gasteiger charge is 2.32. The minimum atomic E-state index is -4.82. The molecule has 0 amide bonds. The number of carbonyl (C=O) groups excluding carboxylic acids is 1. The Hall–Kier alpha value is -1.23. The fourth-order valence-electron chi connectivity index (χ4n) is 0.983. The van der Waals surface area contributed by atoms with Crippen molar-refractivity contribution in [1.29, 1.82) is 0 Å². The highest BCUT2D eigenvalue weighted by Crippen LogP contribution is 2.26. The van der Waals surface area contributed by atoms with Crippen LogP contribution in [0.2, 0.25) is 0 Å². The number of hydrogen-bond acceptors (Lipinski definition) is 2. The number of benzene rings is 1. The Morgan fingerprint density at radius 3 is 2.47 bits per heavy atom. The highest BCUT2D eigenvalue weighted by molar-refractivity contribution is 6.30. The topological polar surface area (TPSA) is 26.3 Å². The third-order valence-corrected chi connectivity index (χ3v) is 1.78. The number of alkyl halides is 4. The van der Waals surface area contributed by atoms with Crippen LogP contribution in [0.5, 0.6) is 5.75 Å². The van der Waals surface area contributed by atoms with E-state index in [4.69, 9.17) is 11.6 Å². The van der Waals surface area contributed by atoms with Gasteiger partial charge in [-0.05, 0) is 12.1 Å². The SMILES string of the molecule is O=C(CCl)c1ccccc1OC(F)(F)F. The summed E-state index contributed by atoms with van der Waals surface area (Å²) >= 11 is 5.24. The van der Waals surface area contributed by atoms with Crippen LogP contribution in [-0.4, -0.2) is 18.0 Å². The molecular weight excluding hydrogens is 233 g/mol. The van der Waals surface area contributed by atoms with Crippen LogP contribution in [0.1, 0.15) is 10.4 Å². The molecular formula is C9H6ClF3O2. The lowest BCUT2D eigenvalue weighted by atomic mass is 10.1. The Bertz CT molecular complexity index is 363. The van der Waals surface area contributed by atoms with Gasteiger partial charge < -0.3 is 4.74 Å². The quantitative estimate of drug-likeness (QED) is 0.598. The standard InChI is InChI=1S/C9H6ClF3O2/c10-5-7(14)6-3-1-2-4-8(6)15-9(11,12)13/h1-4H,5H2. The van der Waals surface area contributed by atoms with Gasteiger partial charge in [0, 0.05) is 0 Å². The summed E-state index contributed by atoms with van der Waals surface area (Å²) in [6, 6.07) is 5.06. The van der Waals surface area contributed by atoms with Crippen molar-refractivity contribution < 1.29 is 22.7 Å². The average molecular weight is 239 g/mol. The van der Waals surface area contributed by atoms with E-state index in [0.29, 0.717) is 0 Å². The number of carbonyl (C=O) groups is 1. The summed E-state index contributed by atoms with van der Waals surface area (Å²) in [4.78, 5) is 11.1.